The highest BCUT2D eigenvalue weighted by Crippen LogP contribution is 2.42. The summed E-state index contributed by atoms with van der Waals surface area (Å²) in [5.41, 5.74) is 0.618. The monoisotopic (exact) mass is 416 g/mol. The first-order valence-corrected chi connectivity index (χ1v) is 10.5. The van der Waals surface area contributed by atoms with E-state index < -0.39 is 0 Å². The summed E-state index contributed by atoms with van der Waals surface area (Å²) in [5, 5.41) is 21.3. The minimum absolute atomic E-state index is 0.150. The van der Waals surface area contributed by atoms with E-state index in [9.17, 15) is 9.18 Å². The zero-order valence-electron chi connectivity index (χ0n) is 14.8. The Hall–Kier alpha value is -2.59. The standard InChI is InChI=1S/C18H17FN6OS2/c1-2-8-25-15(12-4-3-5-13(19)9-12)21-24-18(25)27-10-14(26)20-17-23-22-16(28-17)11-6-7-11/h2-5,9,11H,1,6-8,10H2,(H,20,23,26). The number of aromatic nitrogens is 5. The van der Waals surface area contributed by atoms with Crippen LogP contribution < -0.4 is 5.32 Å². The van der Waals surface area contributed by atoms with Gasteiger partial charge in [0.2, 0.25) is 11.0 Å². The Bertz CT molecular complexity index is 1010. The van der Waals surface area contributed by atoms with Crippen molar-refractivity contribution < 1.29 is 9.18 Å². The van der Waals surface area contributed by atoms with E-state index in [4.69, 9.17) is 0 Å². The maximum atomic E-state index is 13.5. The van der Waals surface area contributed by atoms with E-state index in [-0.39, 0.29) is 17.5 Å². The van der Waals surface area contributed by atoms with Gasteiger partial charge in [-0.25, -0.2) is 4.39 Å². The number of hydrogen-bond acceptors (Lipinski definition) is 7. The lowest BCUT2D eigenvalue weighted by Crippen LogP contribution is -2.14. The van der Waals surface area contributed by atoms with E-state index in [2.05, 4.69) is 32.3 Å². The minimum Gasteiger partial charge on any atom is -0.300 e. The number of amides is 1. The number of nitrogens with one attached hydrogen (secondary N) is 1. The van der Waals surface area contributed by atoms with Crippen LogP contribution in [0.15, 0.2) is 42.1 Å². The largest absolute Gasteiger partial charge is 0.300 e. The van der Waals surface area contributed by atoms with Crippen LogP contribution in [0.1, 0.15) is 23.8 Å². The van der Waals surface area contributed by atoms with Gasteiger partial charge in [0.15, 0.2) is 11.0 Å². The molecule has 0 unspecified atom stereocenters. The fourth-order valence-corrected chi connectivity index (χ4v) is 4.27. The Morgan fingerprint density at radius 1 is 1.36 bits per heavy atom. The van der Waals surface area contributed by atoms with Crippen LogP contribution in [0.3, 0.4) is 0 Å². The topological polar surface area (TPSA) is 85.6 Å². The van der Waals surface area contributed by atoms with Gasteiger partial charge in [0, 0.05) is 18.0 Å². The first-order chi connectivity index (χ1) is 13.6. The summed E-state index contributed by atoms with van der Waals surface area (Å²) in [6, 6.07) is 6.16. The van der Waals surface area contributed by atoms with Crippen LogP contribution in [-0.2, 0) is 11.3 Å². The quantitative estimate of drug-likeness (QED) is 0.445. The lowest BCUT2D eigenvalue weighted by Gasteiger charge is -2.07. The molecule has 1 aliphatic rings. The Morgan fingerprint density at radius 3 is 2.96 bits per heavy atom. The van der Waals surface area contributed by atoms with Crippen molar-refractivity contribution in [2.24, 2.45) is 0 Å². The summed E-state index contributed by atoms with van der Waals surface area (Å²) in [7, 11) is 0. The second-order valence-corrected chi connectivity index (χ2v) is 8.22. The maximum Gasteiger partial charge on any atom is 0.236 e. The van der Waals surface area contributed by atoms with E-state index in [0.29, 0.717) is 34.1 Å². The molecule has 0 atom stereocenters. The van der Waals surface area contributed by atoms with Gasteiger partial charge in [0.05, 0.1) is 5.75 Å². The second-order valence-electron chi connectivity index (χ2n) is 6.27. The average molecular weight is 417 g/mol. The average Bonchev–Trinajstić information content (AvgIpc) is 3.30. The number of carbonyl (C=O) groups excluding carboxylic acids is 1. The number of thioether (sulfide) groups is 1. The zero-order valence-corrected chi connectivity index (χ0v) is 16.5. The van der Waals surface area contributed by atoms with E-state index in [1.807, 2.05) is 0 Å². The van der Waals surface area contributed by atoms with E-state index in [1.54, 1.807) is 22.8 Å². The summed E-state index contributed by atoms with van der Waals surface area (Å²) in [6.45, 7) is 4.20. The number of carbonyl (C=O) groups is 1. The molecule has 0 radical (unpaired) electrons. The van der Waals surface area contributed by atoms with Crippen LogP contribution in [0.2, 0.25) is 0 Å². The van der Waals surface area contributed by atoms with Gasteiger partial charge in [-0.3, -0.25) is 14.7 Å². The van der Waals surface area contributed by atoms with Gasteiger partial charge in [0.1, 0.15) is 10.8 Å². The van der Waals surface area contributed by atoms with Gasteiger partial charge in [-0.15, -0.1) is 27.0 Å². The molecule has 144 valence electrons. The number of anilines is 1. The molecule has 2 heterocycles. The molecule has 0 saturated heterocycles. The molecule has 0 bridgehead atoms. The summed E-state index contributed by atoms with van der Waals surface area (Å²) in [6.07, 6.45) is 3.99. The van der Waals surface area contributed by atoms with E-state index in [1.165, 1.54) is 35.2 Å². The first-order valence-electron chi connectivity index (χ1n) is 8.70. The van der Waals surface area contributed by atoms with Crippen molar-refractivity contribution >= 4 is 34.1 Å². The summed E-state index contributed by atoms with van der Waals surface area (Å²) >= 11 is 2.67. The van der Waals surface area contributed by atoms with Crippen LogP contribution in [0.4, 0.5) is 9.52 Å². The Kier molecular flexibility index (Phi) is 5.49. The molecule has 1 saturated carbocycles. The fraction of sp³-hybridized carbons (Fsp3) is 0.278. The summed E-state index contributed by atoms with van der Waals surface area (Å²) in [4.78, 5) is 12.3. The number of nitrogens with zero attached hydrogens (tertiary/aromatic N) is 5. The van der Waals surface area contributed by atoms with Gasteiger partial charge in [-0.05, 0) is 25.0 Å². The lowest BCUT2D eigenvalue weighted by atomic mass is 10.2. The normalized spacial score (nSPS) is 13.5. The third-order valence-corrected chi connectivity index (χ3v) is 6.03. The Morgan fingerprint density at radius 2 is 2.21 bits per heavy atom. The number of allylic oxidation sites excluding steroid dienone is 1. The molecular weight excluding hydrogens is 399 g/mol. The fourth-order valence-electron chi connectivity index (χ4n) is 2.60. The van der Waals surface area contributed by atoms with Crippen LogP contribution in [0.5, 0.6) is 0 Å². The Balaban J connectivity index is 1.43. The van der Waals surface area contributed by atoms with Crippen LogP contribution in [0.25, 0.3) is 11.4 Å². The summed E-state index contributed by atoms with van der Waals surface area (Å²) in [5.74, 6) is 0.652. The van der Waals surface area contributed by atoms with E-state index >= 15 is 0 Å². The molecule has 7 nitrogen and oxygen atoms in total. The third kappa shape index (κ3) is 4.28. The highest BCUT2D eigenvalue weighted by molar-refractivity contribution is 7.99. The van der Waals surface area contributed by atoms with Gasteiger partial charge >= 0.3 is 0 Å². The lowest BCUT2D eigenvalue weighted by molar-refractivity contribution is -0.113. The van der Waals surface area contributed by atoms with Crippen molar-refractivity contribution in [2.45, 2.75) is 30.5 Å². The van der Waals surface area contributed by atoms with Crippen molar-refractivity contribution in [1.82, 2.24) is 25.0 Å². The molecule has 2 aromatic heterocycles. The van der Waals surface area contributed by atoms with Crippen LogP contribution >= 0.6 is 23.1 Å². The zero-order chi connectivity index (χ0) is 19.5. The van der Waals surface area contributed by atoms with Crippen LogP contribution in [0, 0.1) is 5.82 Å². The molecule has 3 aromatic rings. The molecule has 1 fully saturated rings. The molecule has 4 rings (SSSR count). The number of hydrogen-bond donors (Lipinski definition) is 1. The highest BCUT2D eigenvalue weighted by atomic mass is 32.2. The Labute approximate surface area is 169 Å². The van der Waals surface area contributed by atoms with Gasteiger partial charge < -0.3 is 0 Å². The number of halogens is 1. The molecule has 1 amide bonds. The molecule has 1 aliphatic carbocycles. The van der Waals surface area contributed by atoms with Crippen molar-refractivity contribution in [3.8, 4) is 11.4 Å². The van der Waals surface area contributed by atoms with Gasteiger partial charge in [-0.1, -0.05) is 41.3 Å². The van der Waals surface area contributed by atoms with Gasteiger partial charge in [-0.2, -0.15) is 0 Å². The molecule has 1 aromatic carbocycles. The van der Waals surface area contributed by atoms with Crippen molar-refractivity contribution in [3.05, 3.63) is 47.7 Å². The van der Waals surface area contributed by atoms with Crippen molar-refractivity contribution in [2.75, 3.05) is 11.1 Å². The maximum absolute atomic E-state index is 13.5. The molecule has 0 aliphatic heterocycles. The van der Waals surface area contributed by atoms with Crippen molar-refractivity contribution in [1.29, 1.82) is 0 Å². The van der Waals surface area contributed by atoms with Crippen molar-refractivity contribution in [3.63, 3.8) is 0 Å². The molecule has 10 heteroatoms. The first kappa shape index (κ1) is 18.8. The highest BCUT2D eigenvalue weighted by Gasteiger charge is 2.27. The van der Waals surface area contributed by atoms with E-state index in [0.717, 1.165) is 17.8 Å². The number of rotatable bonds is 8. The third-order valence-electron chi connectivity index (χ3n) is 4.06. The molecule has 1 N–H and O–H groups in total. The molecule has 28 heavy (non-hydrogen) atoms. The SMILES string of the molecule is C=CCn1c(SCC(=O)Nc2nnc(C3CC3)s2)nnc1-c1cccc(F)c1. The predicted molar refractivity (Wildman–Crippen MR) is 107 cm³/mol. The minimum atomic E-state index is -0.346. The van der Waals surface area contributed by atoms with Crippen LogP contribution in [-0.4, -0.2) is 36.6 Å². The second kappa shape index (κ2) is 8.19. The molecule has 0 spiro atoms. The summed E-state index contributed by atoms with van der Waals surface area (Å²) < 4.78 is 15.3. The number of benzene rings is 1. The smallest absolute Gasteiger partial charge is 0.236 e. The predicted octanol–water partition coefficient (Wildman–Crippen LogP) is 3.73. The molecular formula is C18H17FN6OS2. The van der Waals surface area contributed by atoms with Gasteiger partial charge in [0.25, 0.3) is 0 Å².